The molecule has 1 amide bonds. The minimum absolute atomic E-state index is 0.157. The normalized spacial score (nSPS) is 18.8. The molecule has 1 fully saturated rings. The minimum atomic E-state index is 0.157. The van der Waals surface area contributed by atoms with Crippen LogP contribution in [0.4, 0.5) is 0 Å². The van der Waals surface area contributed by atoms with Crippen LogP contribution < -0.4 is 5.73 Å². The van der Waals surface area contributed by atoms with Gasteiger partial charge in [0.25, 0.3) is 5.91 Å². The summed E-state index contributed by atoms with van der Waals surface area (Å²) in [6.07, 6.45) is 6.06. The lowest BCUT2D eigenvalue weighted by molar-refractivity contribution is 0.0760. The minimum Gasteiger partial charge on any atom is -0.339 e. The van der Waals surface area contributed by atoms with E-state index in [1.54, 1.807) is 0 Å². The first-order valence-electron chi connectivity index (χ1n) is 7.81. The zero-order valence-electron chi connectivity index (χ0n) is 12.7. The van der Waals surface area contributed by atoms with Crippen molar-refractivity contribution in [1.29, 1.82) is 0 Å². The van der Waals surface area contributed by atoms with E-state index in [4.69, 9.17) is 5.73 Å². The number of carbonyl (C=O) groups is 1. The maximum atomic E-state index is 12.6. The van der Waals surface area contributed by atoms with Crippen LogP contribution in [0.5, 0.6) is 0 Å². The molecule has 2 N–H and O–H groups in total. The van der Waals surface area contributed by atoms with Crippen LogP contribution in [-0.4, -0.2) is 30.4 Å². The van der Waals surface area contributed by atoms with Crippen molar-refractivity contribution in [3.8, 4) is 11.8 Å². The van der Waals surface area contributed by atoms with Crippen LogP contribution in [-0.2, 0) is 0 Å². The lowest BCUT2D eigenvalue weighted by Gasteiger charge is -2.20. The van der Waals surface area contributed by atoms with Crippen molar-refractivity contribution in [3.63, 3.8) is 0 Å². The lowest BCUT2D eigenvalue weighted by atomic mass is 9.96. The average molecular weight is 304 g/mol. The van der Waals surface area contributed by atoms with Gasteiger partial charge in [0.15, 0.2) is 0 Å². The summed E-state index contributed by atoms with van der Waals surface area (Å²) in [5.74, 6) is 6.77. The molecule has 1 aromatic heterocycles. The summed E-state index contributed by atoms with van der Waals surface area (Å²) in [4.78, 5) is 15.5. The van der Waals surface area contributed by atoms with Crippen molar-refractivity contribution < 1.29 is 4.79 Å². The molecular weight excluding hydrogens is 280 g/mol. The molecule has 3 nitrogen and oxygen atoms in total. The number of hydrogen-bond acceptors (Lipinski definition) is 3. The standard InChI is InChI=1S/C17H24N2OS/c1-2-5-14-6-4-10-19(11-8-14)17(20)15-12-16(21-13-15)7-3-9-18/h12-14H,2,4-6,8-11,18H2,1H3. The van der Waals surface area contributed by atoms with Crippen molar-refractivity contribution in [2.24, 2.45) is 11.7 Å². The highest BCUT2D eigenvalue weighted by molar-refractivity contribution is 7.10. The number of hydrogen-bond donors (Lipinski definition) is 1. The Labute approximate surface area is 131 Å². The van der Waals surface area contributed by atoms with Crippen LogP contribution in [0.3, 0.4) is 0 Å². The van der Waals surface area contributed by atoms with Crippen molar-refractivity contribution in [2.45, 2.75) is 39.0 Å². The summed E-state index contributed by atoms with van der Waals surface area (Å²) in [5.41, 5.74) is 6.14. The molecule has 0 bridgehead atoms. The topological polar surface area (TPSA) is 46.3 Å². The average Bonchev–Trinajstić information content (AvgIpc) is 2.84. The molecule has 0 aliphatic carbocycles. The van der Waals surface area contributed by atoms with Crippen molar-refractivity contribution in [2.75, 3.05) is 19.6 Å². The van der Waals surface area contributed by atoms with Crippen LogP contribution >= 0.6 is 11.3 Å². The fourth-order valence-electron chi connectivity index (χ4n) is 2.90. The smallest absolute Gasteiger partial charge is 0.254 e. The first-order valence-corrected chi connectivity index (χ1v) is 8.69. The van der Waals surface area contributed by atoms with E-state index in [-0.39, 0.29) is 5.91 Å². The predicted molar refractivity (Wildman–Crippen MR) is 88.4 cm³/mol. The van der Waals surface area contributed by atoms with Gasteiger partial charge in [-0.25, -0.2) is 0 Å². The van der Waals surface area contributed by atoms with Gasteiger partial charge in [0, 0.05) is 18.5 Å². The third-order valence-electron chi connectivity index (χ3n) is 3.99. The molecular formula is C17H24N2OS. The fraction of sp³-hybridized carbons (Fsp3) is 0.588. The second kappa shape index (κ2) is 8.21. The molecule has 0 aromatic carbocycles. The maximum Gasteiger partial charge on any atom is 0.254 e. The number of amides is 1. The van der Waals surface area contributed by atoms with Gasteiger partial charge in [-0.15, -0.1) is 11.3 Å². The zero-order chi connectivity index (χ0) is 15.1. The number of nitrogens with two attached hydrogens (primary N) is 1. The Morgan fingerprint density at radius 3 is 3.10 bits per heavy atom. The predicted octanol–water partition coefficient (Wildman–Crippen LogP) is 3.10. The summed E-state index contributed by atoms with van der Waals surface area (Å²) >= 11 is 1.52. The molecule has 2 heterocycles. The molecule has 4 heteroatoms. The van der Waals surface area contributed by atoms with Gasteiger partial charge in [-0.2, -0.15) is 0 Å². The molecule has 1 aliphatic rings. The Morgan fingerprint density at radius 1 is 1.48 bits per heavy atom. The maximum absolute atomic E-state index is 12.6. The second-order valence-corrected chi connectivity index (χ2v) is 6.49. The first-order chi connectivity index (χ1) is 10.2. The van der Waals surface area contributed by atoms with Gasteiger partial charge in [0.2, 0.25) is 0 Å². The van der Waals surface area contributed by atoms with Crippen molar-refractivity contribution in [1.82, 2.24) is 4.90 Å². The van der Waals surface area contributed by atoms with E-state index in [0.717, 1.165) is 42.3 Å². The van der Waals surface area contributed by atoms with Gasteiger partial charge in [-0.05, 0) is 31.2 Å². The number of nitrogens with zero attached hydrogens (tertiary/aromatic N) is 1. The number of likely N-dealkylation sites (tertiary alicyclic amines) is 1. The summed E-state index contributed by atoms with van der Waals surface area (Å²) in [6.45, 7) is 4.37. The Balaban J connectivity index is 1.97. The molecule has 1 atom stereocenters. The highest BCUT2D eigenvalue weighted by Crippen LogP contribution is 2.23. The van der Waals surface area contributed by atoms with E-state index in [0.29, 0.717) is 6.54 Å². The number of thiophene rings is 1. The largest absolute Gasteiger partial charge is 0.339 e. The van der Waals surface area contributed by atoms with Gasteiger partial charge in [0.05, 0.1) is 17.0 Å². The molecule has 1 aromatic rings. The van der Waals surface area contributed by atoms with E-state index in [1.165, 1.54) is 30.6 Å². The summed E-state index contributed by atoms with van der Waals surface area (Å²) in [5, 5.41) is 1.91. The van der Waals surface area contributed by atoms with Gasteiger partial charge in [0.1, 0.15) is 0 Å². The van der Waals surface area contributed by atoms with E-state index in [1.807, 2.05) is 16.3 Å². The highest BCUT2D eigenvalue weighted by atomic mass is 32.1. The molecule has 1 aliphatic heterocycles. The molecule has 0 saturated carbocycles. The molecule has 0 spiro atoms. The van der Waals surface area contributed by atoms with Crippen LogP contribution in [0.1, 0.15) is 54.3 Å². The van der Waals surface area contributed by atoms with Gasteiger partial charge in [-0.3, -0.25) is 4.79 Å². The molecule has 1 saturated heterocycles. The monoisotopic (exact) mass is 304 g/mol. The lowest BCUT2D eigenvalue weighted by Crippen LogP contribution is -2.31. The van der Waals surface area contributed by atoms with E-state index in [9.17, 15) is 4.79 Å². The Bertz CT molecular complexity index is 526. The quantitative estimate of drug-likeness (QED) is 0.872. The van der Waals surface area contributed by atoms with Crippen LogP contribution in [0, 0.1) is 17.8 Å². The van der Waals surface area contributed by atoms with E-state index < -0.39 is 0 Å². The Morgan fingerprint density at radius 2 is 2.33 bits per heavy atom. The third-order valence-corrected chi connectivity index (χ3v) is 4.84. The first kappa shape index (κ1) is 16.1. The highest BCUT2D eigenvalue weighted by Gasteiger charge is 2.21. The molecule has 2 rings (SSSR count). The zero-order valence-corrected chi connectivity index (χ0v) is 13.5. The van der Waals surface area contributed by atoms with Crippen LogP contribution in [0.15, 0.2) is 11.4 Å². The van der Waals surface area contributed by atoms with E-state index in [2.05, 4.69) is 18.8 Å². The van der Waals surface area contributed by atoms with E-state index >= 15 is 0 Å². The summed E-state index contributed by atoms with van der Waals surface area (Å²) < 4.78 is 0. The molecule has 0 radical (unpaired) electrons. The third kappa shape index (κ3) is 4.59. The second-order valence-electron chi connectivity index (χ2n) is 5.58. The van der Waals surface area contributed by atoms with Crippen LogP contribution in [0.2, 0.25) is 0 Å². The van der Waals surface area contributed by atoms with Gasteiger partial charge < -0.3 is 10.6 Å². The number of rotatable bonds is 3. The number of carbonyl (C=O) groups excluding carboxylic acids is 1. The molecule has 114 valence electrons. The van der Waals surface area contributed by atoms with Crippen molar-refractivity contribution >= 4 is 17.2 Å². The molecule has 21 heavy (non-hydrogen) atoms. The Kier molecular flexibility index (Phi) is 6.28. The molecule has 1 unspecified atom stereocenters. The van der Waals surface area contributed by atoms with Gasteiger partial charge >= 0.3 is 0 Å². The SMILES string of the molecule is CCCC1CCCN(C(=O)c2csc(C#CCN)c2)CC1. The Hall–Kier alpha value is -1.31. The van der Waals surface area contributed by atoms with Crippen molar-refractivity contribution in [3.05, 3.63) is 21.9 Å². The van der Waals surface area contributed by atoms with Crippen LogP contribution in [0.25, 0.3) is 0 Å². The fourth-order valence-corrected chi connectivity index (χ4v) is 3.65. The summed E-state index contributed by atoms with van der Waals surface area (Å²) in [6, 6.07) is 1.89. The summed E-state index contributed by atoms with van der Waals surface area (Å²) in [7, 11) is 0. The van der Waals surface area contributed by atoms with Gasteiger partial charge in [-0.1, -0.05) is 31.6 Å².